The van der Waals surface area contributed by atoms with Gasteiger partial charge in [0, 0.05) is 25.1 Å². The molecule has 0 spiro atoms. The Morgan fingerprint density at radius 1 is 1.20 bits per heavy atom. The first-order valence-electron chi connectivity index (χ1n) is 7.41. The number of nitrogens with zero attached hydrogens (tertiary/aromatic N) is 3. The van der Waals surface area contributed by atoms with Crippen molar-refractivity contribution >= 4 is 39.4 Å². The second kappa shape index (κ2) is 8.17. The van der Waals surface area contributed by atoms with Gasteiger partial charge in [0.25, 0.3) is 0 Å². The number of hydrogen-bond acceptors (Lipinski definition) is 5. The molecule has 0 saturated heterocycles. The average molecular weight is 419 g/mol. The Labute approximate surface area is 157 Å². The second-order valence-corrected chi connectivity index (χ2v) is 6.97. The van der Waals surface area contributed by atoms with E-state index in [1.54, 1.807) is 31.6 Å². The van der Waals surface area contributed by atoms with E-state index >= 15 is 0 Å². The molecule has 8 heteroatoms. The minimum atomic E-state index is -0.229. The maximum Gasteiger partial charge on any atom is 0.321 e. The lowest BCUT2D eigenvalue weighted by Crippen LogP contribution is -2.30. The Kier molecular flexibility index (Phi) is 5.72. The van der Waals surface area contributed by atoms with Gasteiger partial charge >= 0.3 is 6.03 Å². The highest BCUT2D eigenvalue weighted by molar-refractivity contribution is 9.10. The molecule has 3 aromatic heterocycles. The highest BCUT2D eigenvalue weighted by Crippen LogP contribution is 2.25. The molecular formula is C17H15BrN4O2S. The number of urea groups is 1. The summed E-state index contributed by atoms with van der Waals surface area (Å²) in [6.07, 6.45) is 3.39. The first-order valence-corrected chi connectivity index (χ1v) is 9.02. The van der Waals surface area contributed by atoms with Crippen LogP contribution in [0.2, 0.25) is 0 Å². The Balaban J connectivity index is 1.62. The molecule has 0 aliphatic rings. The van der Waals surface area contributed by atoms with Crippen LogP contribution in [0.15, 0.2) is 74.0 Å². The third kappa shape index (κ3) is 5.07. The molecule has 0 radical (unpaired) electrons. The summed E-state index contributed by atoms with van der Waals surface area (Å²) in [4.78, 5) is 22.4. The summed E-state index contributed by atoms with van der Waals surface area (Å²) in [5, 5.41) is 4.46. The molecule has 0 atom stereocenters. The number of pyridine rings is 2. The normalized spacial score (nSPS) is 10.5. The van der Waals surface area contributed by atoms with E-state index in [4.69, 9.17) is 4.42 Å². The molecule has 2 amide bonds. The maximum atomic E-state index is 12.3. The molecule has 128 valence electrons. The number of furan rings is 1. The lowest BCUT2D eigenvalue weighted by Gasteiger charge is -2.16. The van der Waals surface area contributed by atoms with Crippen LogP contribution in [0.4, 0.5) is 10.5 Å². The van der Waals surface area contributed by atoms with Crippen molar-refractivity contribution in [2.75, 3.05) is 12.4 Å². The molecule has 0 bridgehead atoms. The molecule has 6 nitrogen and oxygen atoms in total. The second-order valence-electron chi connectivity index (χ2n) is 5.14. The number of halogens is 1. The molecule has 0 saturated carbocycles. The summed E-state index contributed by atoms with van der Waals surface area (Å²) in [6.45, 7) is 0.373. The van der Waals surface area contributed by atoms with Crippen molar-refractivity contribution < 1.29 is 9.21 Å². The molecule has 25 heavy (non-hydrogen) atoms. The Morgan fingerprint density at radius 3 is 2.76 bits per heavy atom. The summed E-state index contributed by atoms with van der Waals surface area (Å²) in [7, 11) is 1.70. The molecule has 0 aliphatic carbocycles. The van der Waals surface area contributed by atoms with Gasteiger partial charge in [-0.1, -0.05) is 17.8 Å². The molecule has 0 aromatic carbocycles. The van der Waals surface area contributed by atoms with Gasteiger partial charge in [-0.25, -0.2) is 14.8 Å². The number of aromatic nitrogens is 2. The quantitative estimate of drug-likeness (QED) is 0.652. The average Bonchev–Trinajstić information content (AvgIpc) is 3.01. The third-order valence-electron chi connectivity index (χ3n) is 3.20. The third-order valence-corrected chi connectivity index (χ3v) is 4.51. The predicted octanol–water partition coefficient (Wildman–Crippen LogP) is 4.65. The monoisotopic (exact) mass is 418 g/mol. The van der Waals surface area contributed by atoms with Crippen molar-refractivity contribution in [2.24, 2.45) is 0 Å². The van der Waals surface area contributed by atoms with Gasteiger partial charge in [-0.2, -0.15) is 0 Å². The standard InChI is InChI=1S/C17H15BrN4O2S/c1-22(11-13-5-6-14(18)24-13)17(23)21-12-7-9-20-16(10-12)25-15-4-2-3-8-19-15/h2-10H,11H2,1H3,(H,20,21,23). The van der Waals surface area contributed by atoms with Crippen molar-refractivity contribution in [1.29, 1.82) is 0 Å². The van der Waals surface area contributed by atoms with Crippen LogP contribution in [0.1, 0.15) is 5.76 Å². The van der Waals surface area contributed by atoms with E-state index in [1.165, 1.54) is 16.7 Å². The van der Waals surface area contributed by atoms with Crippen molar-refractivity contribution in [3.63, 3.8) is 0 Å². The number of rotatable bonds is 5. The number of carbonyl (C=O) groups is 1. The van der Waals surface area contributed by atoms with Gasteiger partial charge in [0.1, 0.15) is 15.8 Å². The van der Waals surface area contributed by atoms with E-state index in [1.807, 2.05) is 30.3 Å². The zero-order chi connectivity index (χ0) is 17.6. The van der Waals surface area contributed by atoms with Crippen LogP contribution < -0.4 is 5.32 Å². The molecule has 1 N–H and O–H groups in total. The zero-order valence-corrected chi connectivity index (χ0v) is 15.8. The Morgan fingerprint density at radius 2 is 2.04 bits per heavy atom. The van der Waals surface area contributed by atoms with Gasteiger partial charge in [-0.15, -0.1) is 0 Å². The summed E-state index contributed by atoms with van der Waals surface area (Å²) in [6, 6.07) is 12.6. The largest absolute Gasteiger partial charge is 0.452 e. The molecule has 3 heterocycles. The number of amides is 2. The Bertz CT molecular complexity index is 857. The summed E-state index contributed by atoms with van der Waals surface area (Å²) in [5.74, 6) is 0.700. The van der Waals surface area contributed by atoms with Gasteiger partial charge in [0.15, 0.2) is 4.67 Å². The minimum Gasteiger partial charge on any atom is -0.452 e. The van der Waals surface area contributed by atoms with Crippen LogP contribution in [-0.4, -0.2) is 27.9 Å². The van der Waals surface area contributed by atoms with E-state index < -0.39 is 0 Å². The number of carbonyl (C=O) groups excluding carboxylic acids is 1. The van der Waals surface area contributed by atoms with Crippen molar-refractivity contribution in [3.8, 4) is 0 Å². The van der Waals surface area contributed by atoms with Gasteiger partial charge in [-0.3, -0.25) is 0 Å². The van der Waals surface area contributed by atoms with Crippen LogP contribution >= 0.6 is 27.7 Å². The minimum absolute atomic E-state index is 0.229. The maximum absolute atomic E-state index is 12.3. The highest BCUT2D eigenvalue weighted by Gasteiger charge is 2.12. The summed E-state index contributed by atoms with van der Waals surface area (Å²) >= 11 is 4.68. The smallest absolute Gasteiger partial charge is 0.321 e. The fourth-order valence-corrected chi connectivity index (χ4v) is 3.13. The molecular weight excluding hydrogens is 404 g/mol. The summed E-state index contributed by atoms with van der Waals surface area (Å²) in [5.41, 5.74) is 0.672. The molecule has 3 rings (SSSR count). The van der Waals surface area contributed by atoms with Crippen molar-refractivity contribution in [2.45, 2.75) is 16.6 Å². The first kappa shape index (κ1) is 17.5. The van der Waals surface area contributed by atoms with Gasteiger partial charge < -0.3 is 14.6 Å². The molecule has 0 fully saturated rings. The van der Waals surface area contributed by atoms with Crippen LogP contribution in [0.25, 0.3) is 0 Å². The van der Waals surface area contributed by atoms with Gasteiger partial charge in [0.2, 0.25) is 0 Å². The molecule has 3 aromatic rings. The number of anilines is 1. The van der Waals surface area contributed by atoms with Crippen LogP contribution in [0.3, 0.4) is 0 Å². The van der Waals surface area contributed by atoms with E-state index in [0.717, 1.165) is 10.1 Å². The van der Waals surface area contributed by atoms with E-state index in [0.29, 0.717) is 22.7 Å². The predicted molar refractivity (Wildman–Crippen MR) is 99.5 cm³/mol. The number of nitrogens with one attached hydrogen (secondary N) is 1. The molecule has 0 unspecified atom stereocenters. The number of hydrogen-bond donors (Lipinski definition) is 1. The van der Waals surface area contributed by atoms with Gasteiger partial charge in [0.05, 0.1) is 6.54 Å². The summed E-state index contributed by atoms with van der Waals surface area (Å²) < 4.78 is 6.06. The van der Waals surface area contributed by atoms with E-state index in [2.05, 4.69) is 31.2 Å². The van der Waals surface area contributed by atoms with Crippen molar-refractivity contribution in [1.82, 2.24) is 14.9 Å². The zero-order valence-electron chi connectivity index (χ0n) is 13.3. The highest BCUT2D eigenvalue weighted by atomic mass is 79.9. The SMILES string of the molecule is CN(Cc1ccc(Br)o1)C(=O)Nc1ccnc(Sc2ccccn2)c1. The van der Waals surface area contributed by atoms with Crippen molar-refractivity contribution in [3.05, 3.63) is 65.3 Å². The van der Waals surface area contributed by atoms with E-state index in [9.17, 15) is 4.79 Å². The lowest BCUT2D eigenvalue weighted by atomic mass is 10.4. The fourth-order valence-electron chi connectivity index (χ4n) is 2.02. The molecule has 0 aliphatic heterocycles. The topological polar surface area (TPSA) is 71.3 Å². The lowest BCUT2D eigenvalue weighted by molar-refractivity contribution is 0.216. The van der Waals surface area contributed by atoms with Crippen LogP contribution in [-0.2, 0) is 6.54 Å². The van der Waals surface area contributed by atoms with Crippen LogP contribution in [0, 0.1) is 0 Å². The van der Waals surface area contributed by atoms with Gasteiger partial charge in [-0.05, 0) is 52.3 Å². The Hall–Kier alpha value is -2.32. The van der Waals surface area contributed by atoms with Crippen LogP contribution in [0.5, 0.6) is 0 Å². The van der Waals surface area contributed by atoms with E-state index in [-0.39, 0.29) is 6.03 Å². The fraction of sp³-hybridized carbons (Fsp3) is 0.118. The first-order chi connectivity index (χ1) is 12.1.